The van der Waals surface area contributed by atoms with Crippen molar-refractivity contribution in [3.8, 4) is 88.0 Å². The van der Waals surface area contributed by atoms with Crippen LogP contribution in [0.4, 0.5) is 43.9 Å². The number of rotatable bonds is 22. The lowest BCUT2D eigenvalue weighted by molar-refractivity contribution is 0.317. The van der Waals surface area contributed by atoms with Gasteiger partial charge in [0.1, 0.15) is 28.7 Å². The van der Waals surface area contributed by atoms with E-state index in [4.69, 9.17) is 23.7 Å². The average Bonchev–Trinajstić information content (AvgIpc) is 0.848. The Balaban J connectivity index is 0.000000218. The summed E-state index contributed by atoms with van der Waals surface area (Å²) in [6.07, 6.45) is 8.97. The van der Waals surface area contributed by atoms with Crippen LogP contribution >= 0.6 is 0 Å². The topological polar surface area (TPSA) is 46.2 Å². The van der Waals surface area contributed by atoms with E-state index in [1.54, 1.807) is 166 Å². The number of hydrogen-bond donors (Lipinski definition) is 0. The van der Waals surface area contributed by atoms with Gasteiger partial charge in [0.25, 0.3) is 0 Å². The summed E-state index contributed by atoms with van der Waals surface area (Å²) >= 11 is 0. The molecule has 5 nitrogen and oxygen atoms in total. The number of ether oxygens (including phenoxy) is 5. The number of benzene rings is 10. The van der Waals surface area contributed by atoms with Crippen molar-refractivity contribution in [2.45, 2.75) is 146 Å². The van der Waals surface area contributed by atoms with Gasteiger partial charge in [-0.05, 0) is 259 Å². The Morgan fingerprint density at radius 2 is 0.438 bits per heavy atom. The summed E-state index contributed by atoms with van der Waals surface area (Å²) in [6, 6.07) is 51.6. The van der Waals surface area contributed by atoms with Crippen LogP contribution in [0.3, 0.4) is 0 Å². The van der Waals surface area contributed by atoms with Gasteiger partial charge in [0.2, 0.25) is 0 Å². The average molecular weight is 1530 g/mol. The minimum atomic E-state index is -0.882. The smallest absolute Gasteiger partial charge is 0.174 e. The normalized spacial score (nSPS) is 10.0. The summed E-state index contributed by atoms with van der Waals surface area (Å²) in [4.78, 5) is 0. The molecule has 0 radical (unpaired) electrons. The van der Waals surface area contributed by atoms with Crippen molar-refractivity contribution < 1.29 is 67.6 Å². The van der Waals surface area contributed by atoms with Crippen molar-refractivity contribution >= 4 is 0 Å². The Morgan fingerprint density at radius 3 is 0.670 bits per heavy atom. The molecule has 112 heavy (non-hydrogen) atoms. The maximum absolute atomic E-state index is 14.1. The van der Waals surface area contributed by atoms with E-state index in [2.05, 4.69) is 66.1 Å². The van der Waals surface area contributed by atoms with Crippen LogP contribution in [0.5, 0.6) is 28.7 Å². The molecule has 0 aliphatic rings. The zero-order valence-corrected chi connectivity index (χ0v) is 65.2. The molecule has 0 heterocycles. The maximum atomic E-state index is 14.1. The summed E-state index contributed by atoms with van der Waals surface area (Å²) in [7, 11) is 0. The summed E-state index contributed by atoms with van der Waals surface area (Å²) in [5.41, 5.74) is 5.95. The molecule has 15 heteroatoms. The molecule has 0 aliphatic heterocycles. The van der Waals surface area contributed by atoms with Crippen molar-refractivity contribution in [1.29, 1.82) is 0 Å². The minimum Gasteiger partial charge on any atom is -0.494 e. The molecule has 0 aliphatic carbocycles. The summed E-state index contributed by atoms with van der Waals surface area (Å²) < 4.78 is 166. The van der Waals surface area contributed by atoms with E-state index in [1.807, 2.05) is 60.6 Å². The van der Waals surface area contributed by atoms with Crippen molar-refractivity contribution in [1.82, 2.24) is 0 Å². The minimum absolute atomic E-state index is 0.0681. The first-order chi connectivity index (χ1) is 54.3. The van der Waals surface area contributed by atoms with Crippen molar-refractivity contribution in [3.63, 3.8) is 0 Å². The van der Waals surface area contributed by atoms with E-state index >= 15 is 0 Å². The summed E-state index contributed by atoms with van der Waals surface area (Å²) in [5.74, 6) is 23.1. The van der Waals surface area contributed by atoms with E-state index in [0.29, 0.717) is 93.0 Å². The number of hydrogen-bond acceptors (Lipinski definition) is 5. The lowest BCUT2D eigenvalue weighted by Crippen LogP contribution is -1.98. The molecule has 0 saturated heterocycles. The van der Waals surface area contributed by atoms with Crippen LogP contribution in [0.15, 0.2) is 182 Å². The SMILES string of the molecule is CCCCCc1ccc(C#Cc2ccc(OCC)cc2)c(F)c1F.CCCCc1ccc(C#Cc2ccc(OCC)cc2)c(F)c1F.CCCOc1ccc(C#Cc2ccc(CC)c(F)c2F)cc1.CCCc1ccc(C#Cc2ccc(OCC)cc2)c(F)c1F.CCOc1ccc(C#Cc2ccc(CC)c(F)c2F)cc1. The highest BCUT2D eigenvalue weighted by atomic mass is 19.2. The molecular formula is C97H94F10O5. The number of halogens is 10. The molecule has 0 N–H and O–H groups in total. The van der Waals surface area contributed by atoms with Gasteiger partial charge in [0.15, 0.2) is 58.2 Å². The van der Waals surface area contributed by atoms with Gasteiger partial charge in [-0.3, -0.25) is 0 Å². The molecule has 582 valence electrons. The monoisotopic (exact) mass is 1530 g/mol. The standard InChI is InChI=1S/C21H22F2O.C20H20F2O.2C19H18F2O.C18H16F2O/c1-3-5-6-7-17-12-13-18(21(23)20(17)22)11-8-16-9-14-19(15-10-16)24-4-2;1-3-5-6-16-11-12-17(20(22)19(16)21)10-7-15-8-13-18(14-9-15)23-4-2;1-3-13-22-17-11-6-14(7-12-17)5-8-16-10-9-15(4-2)18(20)19(16)21;1-3-5-15-10-11-16(19(21)18(15)20)9-6-14-7-12-17(13-8-14)22-4-2;1-3-14-9-10-15(18(20)17(14)19)8-5-13-6-11-16(12-7-13)21-4-2/h9-10,12-15H,3-7H2,1-2H3;8-9,11-14H,3-6H2,1-2H3;6-7,9-12H,3-4,13H2,1-2H3;7-8,10-13H,3-5H2,1-2H3;6-7,9-12H,3-4H2,1-2H3. The van der Waals surface area contributed by atoms with Crippen LogP contribution in [-0.4, -0.2) is 33.0 Å². The van der Waals surface area contributed by atoms with Gasteiger partial charge < -0.3 is 23.7 Å². The van der Waals surface area contributed by atoms with Gasteiger partial charge in [0, 0.05) is 27.8 Å². The van der Waals surface area contributed by atoms with E-state index in [-0.39, 0.29) is 27.8 Å². The molecule has 0 bridgehead atoms. The van der Waals surface area contributed by atoms with Gasteiger partial charge >= 0.3 is 0 Å². The molecule has 10 aromatic carbocycles. The van der Waals surface area contributed by atoms with Gasteiger partial charge in [-0.25, -0.2) is 43.9 Å². The molecule has 0 saturated carbocycles. The first-order valence-electron chi connectivity index (χ1n) is 37.9. The van der Waals surface area contributed by atoms with Crippen LogP contribution in [0.25, 0.3) is 0 Å². The van der Waals surface area contributed by atoms with E-state index < -0.39 is 58.2 Å². The third kappa shape index (κ3) is 28.6. The van der Waals surface area contributed by atoms with Gasteiger partial charge in [0.05, 0.1) is 60.9 Å². The zero-order valence-electron chi connectivity index (χ0n) is 65.2. The predicted molar refractivity (Wildman–Crippen MR) is 429 cm³/mol. The first kappa shape index (κ1) is 89.2. The lowest BCUT2D eigenvalue weighted by Gasteiger charge is -2.05. The zero-order chi connectivity index (χ0) is 81.2. The van der Waals surface area contributed by atoms with Crippen molar-refractivity contribution in [3.05, 3.63) is 324 Å². The molecule has 0 fully saturated rings. The molecule has 0 aromatic heterocycles. The highest BCUT2D eigenvalue weighted by Crippen LogP contribution is 2.25. The van der Waals surface area contributed by atoms with E-state index in [1.165, 1.54) is 18.2 Å². The predicted octanol–water partition coefficient (Wildman–Crippen LogP) is 24.4. The molecule has 10 rings (SSSR count). The highest BCUT2D eigenvalue weighted by Gasteiger charge is 2.16. The Kier molecular flexibility index (Phi) is 38.8. The van der Waals surface area contributed by atoms with Crippen LogP contribution in [0.2, 0.25) is 0 Å². The maximum Gasteiger partial charge on any atom is 0.174 e. The second kappa shape index (κ2) is 48.7. The first-order valence-corrected chi connectivity index (χ1v) is 37.9. The van der Waals surface area contributed by atoms with Gasteiger partial charge in [-0.15, -0.1) is 0 Å². The van der Waals surface area contributed by atoms with Crippen LogP contribution in [0, 0.1) is 117 Å². The quantitative estimate of drug-likeness (QED) is 0.0384. The third-order valence-electron chi connectivity index (χ3n) is 16.6. The second-order valence-corrected chi connectivity index (χ2v) is 25.0. The molecular weight excluding hydrogens is 1440 g/mol. The summed E-state index contributed by atoms with van der Waals surface area (Å²) in [6.45, 7) is 22.3. The third-order valence-corrected chi connectivity index (χ3v) is 16.6. The summed E-state index contributed by atoms with van der Waals surface area (Å²) in [5, 5.41) is 0. The van der Waals surface area contributed by atoms with Crippen molar-refractivity contribution in [2.75, 3.05) is 33.0 Å². The van der Waals surface area contributed by atoms with Crippen molar-refractivity contribution in [2.24, 2.45) is 0 Å². The molecule has 0 unspecified atom stereocenters. The van der Waals surface area contributed by atoms with E-state index in [9.17, 15) is 43.9 Å². The van der Waals surface area contributed by atoms with Crippen LogP contribution in [0.1, 0.15) is 198 Å². The second-order valence-electron chi connectivity index (χ2n) is 25.0. The fraction of sp³-hybridized carbons (Fsp3) is 0.278. The van der Waals surface area contributed by atoms with Crippen LogP contribution in [-0.2, 0) is 32.1 Å². The fourth-order valence-corrected chi connectivity index (χ4v) is 10.5. The fourth-order valence-electron chi connectivity index (χ4n) is 10.5. The van der Waals surface area contributed by atoms with E-state index in [0.717, 1.165) is 102 Å². The Hall–Kier alpha value is -11.7. The molecule has 10 aromatic rings. The number of unbranched alkanes of at least 4 members (excludes halogenated alkanes) is 3. The Bertz CT molecular complexity index is 4960. The number of aryl methyl sites for hydroxylation is 5. The highest BCUT2D eigenvalue weighted by molar-refractivity contribution is 5.51. The molecule has 0 spiro atoms. The van der Waals surface area contributed by atoms with Gasteiger partial charge in [-0.1, -0.05) is 157 Å². The Morgan fingerprint density at radius 1 is 0.205 bits per heavy atom. The largest absolute Gasteiger partial charge is 0.494 e. The van der Waals surface area contributed by atoms with Crippen LogP contribution < -0.4 is 23.7 Å². The molecule has 0 atom stereocenters. The van der Waals surface area contributed by atoms with Gasteiger partial charge in [-0.2, -0.15) is 0 Å². The lowest BCUT2D eigenvalue weighted by atomic mass is 10.0. The molecule has 0 amide bonds. The Labute approximate surface area is 655 Å².